The first-order valence-electron chi connectivity index (χ1n) is 4.63. The van der Waals surface area contributed by atoms with Crippen molar-refractivity contribution in [1.29, 1.82) is 0 Å². The highest BCUT2D eigenvalue weighted by Gasteiger charge is 2.24. The fraction of sp³-hybridized carbons (Fsp3) is 0.333. The van der Waals surface area contributed by atoms with Crippen LogP contribution in [-0.4, -0.2) is 46.1 Å². The molecule has 3 N–H and O–H groups in total. The van der Waals surface area contributed by atoms with E-state index in [2.05, 4.69) is 20.0 Å². The second kappa shape index (κ2) is 5.64. The van der Waals surface area contributed by atoms with Crippen LogP contribution in [0, 0.1) is 0 Å². The smallest absolute Gasteiger partial charge is 0.326 e. The molecule has 92 valence electrons. The summed E-state index contributed by atoms with van der Waals surface area (Å²) in [4.78, 5) is 39.4. The van der Waals surface area contributed by atoms with Crippen LogP contribution in [0.5, 0.6) is 0 Å². The molecule has 1 rings (SSSR count). The molecule has 0 aliphatic heterocycles. The molecule has 1 atom stereocenters. The number of aliphatic carboxylic acids is 1. The van der Waals surface area contributed by atoms with Gasteiger partial charge in [0.15, 0.2) is 0 Å². The second-order valence-corrected chi connectivity index (χ2v) is 3.11. The minimum absolute atomic E-state index is 0.112. The van der Waals surface area contributed by atoms with Crippen LogP contribution >= 0.6 is 0 Å². The van der Waals surface area contributed by atoms with E-state index >= 15 is 0 Å². The van der Waals surface area contributed by atoms with Crippen molar-refractivity contribution in [3.05, 3.63) is 18.2 Å². The van der Waals surface area contributed by atoms with Crippen molar-refractivity contribution in [1.82, 2.24) is 15.3 Å². The first-order chi connectivity index (χ1) is 8.04. The van der Waals surface area contributed by atoms with Gasteiger partial charge in [-0.15, -0.1) is 0 Å². The van der Waals surface area contributed by atoms with Gasteiger partial charge in [0.2, 0.25) is 0 Å². The van der Waals surface area contributed by atoms with E-state index in [-0.39, 0.29) is 5.69 Å². The number of esters is 1. The quantitative estimate of drug-likeness (QED) is 0.577. The number of carbonyl (C=O) groups excluding carboxylic acids is 2. The summed E-state index contributed by atoms with van der Waals surface area (Å²) in [5, 5.41) is 11.0. The van der Waals surface area contributed by atoms with E-state index in [0.29, 0.717) is 0 Å². The third-order valence-corrected chi connectivity index (χ3v) is 1.94. The Bertz CT molecular complexity index is 414. The van der Waals surface area contributed by atoms with E-state index in [0.717, 1.165) is 7.11 Å². The number of nitrogens with zero attached hydrogens (tertiary/aromatic N) is 1. The molecule has 8 heteroatoms. The second-order valence-electron chi connectivity index (χ2n) is 3.11. The highest BCUT2D eigenvalue weighted by atomic mass is 16.5. The minimum Gasteiger partial charge on any atom is -0.480 e. The maximum Gasteiger partial charge on any atom is 0.326 e. The van der Waals surface area contributed by atoms with Crippen LogP contribution in [0.4, 0.5) is 0 Å². The number of H-pyrrole nitrogens is 1. The largest absolute Gasteiger partial charge is 0.480 e. The van der Waals surface area contributed by atoms with Crippen molar-refractivity contribution in [2.45, 2.75) is 12.5 Å². The van der Waals surface area contributed by atoms with Gasteiger partial charge >= 0.3 is 11.9 Å². The molecule has 0 aliphatic rings. The number of aromatic nitrogens is 2. The van der Waals surface area contributed by atoms with Crippen LogP contribution in [-0.2, 0) is 14.3 Å². The number of hydrogen-bond donors (Lipinski definition) is 3. The van der Waals surface area contributed by atoms with E-state index < -0.39 is 30.3 Å². The lowest BCUT2D eigenvalue weighted by molar-refractivity contribution is -0.147. The Hall–Kier alpha value is -2.38. The Kier molecular flexibility index (Phi) is 4.21. The summed E-state index contributed by atoms with van der Waals surface area (Å²) in [7, 11) is 1.14. The lowest BCUT2D eigenvalue weighted by Gasteiger charge is -2.12. The van der Waals surface area contributed by atoms with E-state index in [4.69, 9.17) is 5.11 Å². The molecule has 17 heavy (non-hydrogen) atoms. The molecule has 0 spiro atoms. The molecule has 1 aromatic rings. The Morgan fingerprint density at radius 1 is 1.59 bits per heavy atom. The summed E-state index contributed by atoms with van der Waals surface area (Å²) < 4.78 is 4.33. The summed E-state index contributed by atoms with van der Waals surface area (Å²) >= 11 is 0. The Morgan fingerprint density at radius 3 is 2.76 bits per heavy atom. The van der Waals surface area contributed by atoms with Crippen LogP contribution in [0.25, 0.3) is 0 Å². The summed E-state index contributed by atoms with van der Waals surface area (Å²) in [6.07, 6.45) is 2.09. The zero-order chi connectivity index (χ0) is 12.8. The van der Waals surface area contributed by atoms with E-state index in [1.54, 1.807) is 0 Å². The van der Waals surface area contributed by atoms with E-state index in [9.17, 15) is 14.4 Å². The number of rotatable bonds is 5. The number of ether oxygens (including phenoxy) is 1. The maximum atomic E-state index is 11.5. The van der Waals surface area contributed by atoms with Gasteiger partial charge < -0.3 is 20.1 Å². The number of carboxylic acid groups (broad SMARTS) is 1. The number of hydrogen-bond acceptors (Lipinski definition) is 5. The summed E-state index contributed by atoms with van der Waals surface area (Å²) in [6.45, 7) is 0. The molecule has 0 fully saturated rings. The molecule has 1 amide bonds. The zero-order valence-electron chi connectivity index (χ0n) is 8.97. The van der Waals surface area contributed by atoms with Gasteiger partial charge in [-0.25, -0.2) is 9.78 Å². The van der Waals surface area contributed by atoms with Gasteiger partial charge in [0.05, 0.1) is 26.1 Å². The summed E-state index contributed by atoms with van der Waals surface area (Å²) in [5.74, 6) is -2.69. The third-order valence-electron chi connectivity index (χ3n) is 1.94. The van der Waals surface area contributed by atoms with Crippen LogP contribution in [0.15, 0.2) is 12.5 Å². The average Bonchev–Trinajstić information content (AvgIpc) is 2.81. The standard InChI is InChI=1S/C9H11N3O5/c1-17-7(13)2-5(9(15)16)12-8(14)6-3-10-4-11-6/h3-5H,2H2,1H3,(H,10,11)(H,12,14)(H,15,16)/t5-/m0/s1. The fourth-order valence-electron chi connectivity index (χ4n) is 1.07. The molecule has 0 saturated carbocycles. The molecule has 0 saturated heterocycles. The molecule has 8 nitrogen and oxygen atoms in total. The average molecular weight is 241 g/mol. The number of carboxylic acids is 1. The zero-order valence-corrected chi connectivity index (χ0v) is 8.97. The maximum absolute atomic E-state index is 11.5. The lowest BCUT2D eigenvalue weighted by atomic mass is 10.2. The number of carbonyl (C=O) groups is 3. The van der Waals surface area contributed by atoms with Crippen molar-refractivity contribution in [3.63, 3.8) is 0 Å². The highest BCUT2D eigenvalue weighted by Crippen LogP contribution is 1.98. The SMILES string of the molecule is COC(=O)C[C@H](NC(=O)c1cnc[nH]1)C(=O)O. The number of nitrogens with one attached hydrogen (secondary N) is 2. The van der Waals surface area contributed by atoms with Gasteiger partial charge in [0, 0.05) is 0 Å². The predicted molar refractivity (Wildman–Crippen MR) is 54.1 cm³/mol. The molecule has 0 bridgehead atoms. The Morgan fingerprint density at radius 2 is 2.29 bits per heavy atom. The van der Waals surface area contributed by atoms with E-state index in [1.165, 1.54) is 12.5 Å². The minimum atomic E-state index is -1.33. The molecule has 1 aromatic heterocycles. The topological polar surface area (TPSA) is 121 Å². The molecule has 0 aliphatic carbocycles. The monoisotopic (exact) mass is 241 g/mol. The first kappa shape index (κ1) is 12.7. The van der Waals surface area contributed by atoms with Crippen molar-refractivity contribution >= 4 is 17.8 Å². The molecular formula is C9H11N3O5. The lowest BCUT2D eigenvalue weighted by Crippen LogP contribution is -2.42. The Balaban J connectivity index is 2.64. The highest BCUT2D eigenvalue weighted by molar-refractivity contribution is 5.95. The summed E-state index contributed by atoms with van der Waals surface area (Å²) in [5.41, 5.74) is 0.112. The van der Waals surface area contributed by atoms with Crippen LogP contribution < -0.4 is 5.32 Å². The third kappa shape index (κ3) is 3.59. The van der Waals surface area contributed by atoms with E-state index in [1.807, 2.05) is 0 Å². The van der Waals surface area contributed by atoms with Crippen LogP contribution in [0.3, 0.4) is 0 Å². The van der Waals surface area contributed by atoms with Crippen LogP contribution in [0.1, 0.15) is 16.9 Å². The van der Waals surface area contributed by atoms with Crippen LogP contribution in [0.2, 0.25) is 0 Å². The van der Waals surface area contributed by atoms with Crippen molar-refractivity contribution in [2.75, 3.05) is 7.11 Å². The molecule has 0 aromatic carbocycles. The first-order valence-corrected chi connectivity index (χ1v) is 4.63. The fourth-order valence-corrected chi connectivity index (χ4v) is 1.07. The van der Waals surface area contributed by atoms with Crippen molar-refractivity contribution in [2.24, 2.45) is 0 Å². The number of methoxy groups -OCH3 is 1. The van der Waals surface area contributed by atoms with Gasteiger partial charge in [-0.05, 0) is 0 Å². The molecule has 1 heterocycles. The van der Waals surface area contributed by atoms with Gasteiger partial charge in [-0.3, -0.25) is 9.59 Å². The number of amides is 1. The molecule has 0 unspecified atom stereocenters. The molecule has 0 radical (unpaired) electrons. The van der Waals surface area contributed by atoms with Crippen molar-refractivity contribution in [3.8, 4) is 0 Å². The van der Waals surface area contributed by atoms with Gasteiger partial charge in [-0.2, -0.15) is 0 Å². The number of aromatic amines is 1. The van der Waals surface area contributed by atoms with Crippen molar-refractivity contribution < 1.29 is 24.2 Å². The predicted octanol–water partition coefficient (Wildman–Crippen LogP) is -0.844. The van der Waals surface area contributed by atoms with Gasteiger partial charge in [-0.1, -0.05) is 0 Å². The Labute approximate surface area is 96.0 Å². The number of imidazole rings is 1. The summed E-state index contributed by atoms with van der Waals surface area (Å²) in [6, 6.07) is -1.33. The van der Waals surface area contributed by atoms with Gasteiger partial charge in [0.25, 0.3) is 5.91 Å². The normalized spacial score (nSPS) is 11.6. The van der Waals surface area contributed by atoms with Gasteiger partial charge in [0.1, 0.15) is 11.7 Å². The molecular weight excluding hydrogens is 230 g/mol.